The van der Waals surface area contributed by atoms with Gasteiger partial charge in [0.1, 0.15) is 0 Å². The van der Waals surface area contributed by atoms with Crippen molar-refractivity contribution in [2.75, 3.05) is 26.7 Å². The molecule has 2 unspecified atom stereocenters. The van der Waals surface area contributed by atoms with Gasteiger partial charge in [0, 0.05) is 24.5 Å². The minimum atomic E-state index is -0.126. The molecule has 0 spiro atoms. The van der Waals surface area contributed by atoms with Gasteiger partial charge in [-0.15, -0.1) is 35.3 Å². The van der Waals surface area contributed by atoms with Crippen LogP contribution < -0.4 is 5.32 Å². The fourth-order valence-corrected chi connectivity index (χ4v) is 3.21. The molecule has 7 heteroatoms. The highest BCUT2D eigenvalue weighted by atomic mass is 127. The van der Waals surface area contributed by atoms with Crippen molar-refractivity contribution in [3.8, 4) is 0 Å². The number of methoxy groups -OCH3 is 1. The summed E-state index contributed by atoms with van der Waals surface area (Å²) in [4.78, 5) is 19.9. The molecule has 1 saturated heterocycles. The van der Waals surface area contributed by atoms with E-state index in [2.05, 4.69) is 40.5 Å². The lowest BCUT2D eigenvalue weighted by Gasteiger charge is -2.21. The summed E-state index contributed by atoms with van der Waals surface area (Å²) in [7, 11) is 1.45. The number of ether oxygens (including phenoxy) is 1. The highest BCUT2D eigenvalue weighted by Gasteiger charge is 2.36. The van der Waals surface area contributed by atoms with Crippen LogP contribution in [0.25, 0.3) is 0 Å². The lowest BCUT2D eigenvalue weighted by Crippen LogP contribution is -2.40. The number of nitrogens with one attached hydrogen (secondary N) is 1. The number of hydrogen-bond acceptors (Lipinski definition) is 4. The molecule has 0 radical (unpaired) electrons. The van der Waals surface area contributed by atoms with Crippen molar-refractivity contribution in [1.82, 2.24) is 10.2 Å². The SMILES string of the molecule is CCNC(=NCc1cccs1)N1CC(C)C(C(=O)OC)C1.I. The van der Waals surface area contributed by atoms with Crippen LogP contribution in [0.2, 0.25) is 0 Å². The van der Waals surface area contributed by atoms with E-state index >= 15 is 0 Å². The molecule has 0 saturated carbocycles. The molecule has 1 aromatic heterocycles. The Morgan fingerprint density at radius 3 is 2.91 bits per heavy atom. The summed E-state index contributed by atoms with van der Waals surface area (Å²) >= 11 is 1.71. The molecule has 1 N–H and O–H groups in total. The molecule has 0 aromatic carbocycles. The summed E-state index contributed by atoms with van der Waals surface area (Å²) < 4.78 is 4.89. The van der Waals surface area contributed by atoms with Gasteiger partial charge >= 0.3 is 5.97 Å². The van der Waals surface area contributed by atoms with E-state index in [4.69, 9.17) is 4.74 Å². The zero-order chi connectivity index (χ0) is 15.2. The molecule has 0 bridgehead atoms. The average molecular weight is 437 g/mol. The number of halogens is 1. The van der Waals surface area contributed by atoms with Crippen molar-refractivity contribution < 1.29 is 9.53 Å². The van der Waals surface area contributed by atoms with Crippen molar-refractivity contribution >= 4 is 47.2 Å². The Morgan fingerprint density at radius 1 is 1.55 bits per heavy atom. The first-order valence-corrected chi connectivity index (χ1v) is 8.17. The maximum absolute atomic E-state index is 11.8. The van der Waals surface area contributed by atoms with E-state index in [0.717, 1.165) is 19.0 Å². The van der Waals surface area contributed by atoms with Gasteiger partial charge in [0.2, 0.25) is 0 Å². The molecule has 2 heterocycles. The summed E-state index contributed by atoms with van der Waals surface area (Å²) in [5.41, 5.74) is 0. The molecular formula is C15H24IN3O2S. The van der Waals surface area contributed by atoms with Gasteiger partial charge in [-0.3, -0.25) is 4.79 Å². The zero-order valence-electron chi connectivity index (χ0n) is 13.2. The Hall–Kier alpha value is -0.830. The Labute approximate surface area is 153 Å². The van der Waals surface area contributed by atoms with Gasteiger partial charge in [-0.25, -0.2) is 4.99 Å². The van der Waals surface area contributed by atoms with E-state index in [1.807, 2.05) is 6.07 Å². The van der Waals surface area contributed by atoms with E-state index in [0.29, 0.717) is 13.1 Å². The predicted molar refractivity (Wildman–Crippen MR) is 101 cm³/mol. The quantitative estimate of drug-likeness (QED) is 0.341. The number of likely N-dealkylation sites (tertiary alicyclic amines) is 1. The van der Waals surface area contributed by atoms with Gasteiger partial charge in [0.25, 0.3) is 0 Å². The Morgan fingerprint density at radius 2 is 2.32 bits per heavy atom. The molecule has 124 valence electrons. The van der Waals surface area contributed by atoms with Crippen molar-refractivity contribution in [2.24, 2.45) is 16.8 Å². The number of guanidine groups is 1. The molecule has 1 aliphatic heterocycles. The van der Waals surface area contributed by atoms with Gasteiger partial charge in [-0.1, -0.05) is 13.0 Å². The maximum Gasteiger partial charge on any atom is 0.310 e. The topological polar surface area (TPSA) is 53.9 Å². The minimum Gasteiger partial charge on any atom is -0.469 e. The van der Waals surface area contributed by atoms with E-state index in [1.165, 1.54) is 12.0 Å². The second-order valence-electron chi connectivity index (χ2n) is 5.26. The van der Waals surface area contributed by atoms with Crippen LogP contribution in [0, 0.1) is 11.8 Å². The molecule has 1 aromatic rings. The summed E-state index contributed by atoms with van der Waals surface area (Å²) in [6.45, 7) is 7.13. The molecule has 1 aliphatic rings. The third-order valence-electron chi connectivity index (χ3n) is 3.72. The first kappa shape index (κ1) is 19.2. The summed E-state index contributed by atoms with van der Waals surface area (Å²) in [6.07, 6.45) is 0. The molecule has 2 rings (SSSR count). The summed E-state index contributed by atoms with van der Waals surface area (Å²) in [5, 5.41) is 5.37. The van der Waals surface area contributed by atoms with Crippen LogP contribution in [0.1, 0.15) is 18.7 Å². The number of hydrogen-bond donors (Lipinski definition) is 1. The first-order chi connectivity index (χ1) is 10.2. The van der Waals surface area contributed by atoms with Crippen LogP contribution in [0.3, 0.4) is 0 Å². The highest BCUT2D eigenvalue weighted by molar-refractivity contribution is 14.0. The second kappa shape index (κ2) is 9.34. The number of thiophene rings is 1. The Bertz CT molecular complexity index is 493. The standard InChI is InChI=1S/C15H23N3O2S.HI/c1-4-16-15(17-8-12-6-5-7-21-12)18-9-11(2)13(10-18)14(19)20-3;/h5-7,11,13H,4,8-10H2,1-3H3,(H,16,17);1H. The largest absolute Gasteiger partial charge is 0.469 e. The lowest BCUT2D eigenvalue weighted by molar-refractivity contribution is -0.145. The Kier molecular flexibility index (Phi) is 8.16. The van der Waals surface area contributed by atoms with Crippen molar-refractivity contribution in [3.63, 3.8) is 0 Å². The highest BCUT2D eigenvalue weighted by Crippen LogP contribution is 2.24. The van der Waals surface area contributed by atoms with Gasteiger partial charge < -0.3 is 15.0 Å². The third-order valence-corrected chi connectivity index (χ3v) is 4.58. The number of nitrogens with zero attached hydrogens (tertiary/aromatic N) is 2. The molecular weight excluding hydrogens is 413 g/mol. The van der Waals surface area contributed by atoms with Crippen LogP contribution in [0.5, 0.6) is 0 Å². The summed E-state index contributed by atoms with van der Waals surface area (Å²) in [6, 6.07) is 4.12. The second-order valence-corrected chi connectivity index (χ2v) is 6.29. The molecule has 2 atom stereocenters. The van der Waals surface area contributed by atoms with Gasteiger partial charge in [0.05, 0.1) is 19.6 Å². The number of carbonyl (C=O) groups is 1. The first-order valence-electron chi connectivity index (χ1n) is 7.29. The normalized spacial score (nSPS) is 21.4. The number of esters is 1. The van der Waals surface area contributed by atoms with Crippen LogP contribution >= 0.6 is 35.3 Å². The predicted octanol–water partition coefficient (Wildman–Crippen LogP) is 2.57. The van der Waals surface area contributed by atoms with E-state index < -0.39 is 0 Å². The van der Waals surface area contributed by atoms with E-state index in [9.17, 15) is 4.79 Å². The fraction of sp³-hybridized carbons (Fsp3) is 0.600. The van der Waals surface area contributed by atoms with Crippen molar-refractivity contribution in [2.45, 2.75) is 20.4 Å². The molecule has 0 aliphatic carbocycles. The molecule has 5 nitrogen and oxygen atoms in total. The monoisotopic (exact) mass is 437 g/mol. The number of aliphatic imine (C=N–C) groups is 1. The smallest absolute Gasteiger partial charge is 0.310 e. The van der Waals surface area contributed by atoms with Gasteiger partial charge in [0.15, 0.2) is 5.96 Å². The minimum absolute atomic E-state index is 0. The zero-order valence-corrected chi connectivity index (χ0v) is 16.4. The molecule has 22 heavy (non-hydrogen) atoms. The van der Waals surface area contributed by atoms with Gasteiger partial charge in [-0.2, -0.15) is 0 Å². The van der Waals surface area contributed by atoms with Gasteiger partial charge in [-0.05, 0) is 24.3 Å². The molecule has 0 amide bonds. The Balaban J connectivity index is 0.00000242. The van der Waals surface area contributed by atoms with Crippen LogP contribution in [-0.2, 0) is 16.1 Å². The van der Waals surface area contributed by atoms with E-state index in [-0.39, 0.29) is 41.8 Å². The fourth-order valence-electron chi connectivity index (χ4n) is 2.58. The maximum atomic E-state index is 11.8. The summed E-state index contributed by atoms with van der Waals surface area (Å²) in [5.74, 6) is 0.965. The van der Waals surface area contributed by atoms with Crippen LogP contribution in [0.15, 0.2) is 22.5 Å². The number of carbonyl (C=O) groups excluding carboxylic acids is 1. The van der Waals surface area contributed by atoms with E-state index in [1.54, 1.807) is 11.3 Å². The third kappa shape index (κ3) is 4.84. The molecule has 1 fully saturated rings. The number of rotatable bonds is 4. The van der Waals surface area contributed by atoms with Crippen molar-refractivity contribution in [1.29, 1.82) is 0 Å². The average Bonchev–Trinajstić information content (AvgIpc) is 3.12. The van der Waals surface area contributed by atoms with Crippen LogP contribution in [0.4, 0.5) is 0 Å². The van der Waals surface area contributed by atoms with Crippen molar-refractivity contribution in [3.05, 3.63) is 22.4 Å². The lowest BCUT2D eigenvalue weighted by atomic mass is 9.99. The van der Waals surface area contributed by atoms with Crippen LogP contribution in [-0.4, -0.2) is 43.6 Å².